The molecule has 3 rings (SSSR count). The summed E-state index contributed by atoms with van der Waals surface area (Å²) in [4.78, 5) is 16.4. The number of aromatic nitrogens is 4. The molecule has 0 saturated carbocycles. The van der Waals surface area contributed by atoms with Gasteiger partial charge in [-0.1, -0.05) is 30.3 Å². The van der Waals surface area contributed by atoms with Gasteiger partial charge in [-0.15, -0.1) is 0 Å². The molecule has 2 heterocycles. The number of nitrogens with one attached hydrogen (secondary N) is 2. The second-order valence-corrected chi connectivity index (χ2v) is 4.66. The summed E-state index contributed by atoms with van der Waals surface area (Å²) in [7, 11) is 0. The molecule has 0 bridgehead atoms. The van der Waals surface area contributed by atoms with Gasteiger partial charge in [-0.05, 0) is 17.7 Å². The van der Waals surface area contributed by atoms with Crippen molar-refractivity contribution in [2.75, 3.05) is 5.32 Å². The second kappa shape index (κ2) is 6.04. The predicted molar refractivity (Wildman–Crippen MR) is 78.6 cm³/mol. The zero-order valence-electron chi connectivity index (χ0n) is 11.3. The van der Waals surface area contributed by atoms with Gasteiger partial charge in [-0.2, -0.15) is 10.1 Å². The standard InChI is InChI=1S/C15H15N5O/c21-14(18-15-16-11-17-19-15)13(20-8-4-5-9-20)10-12-6-2-1-3-7-12/h1-9,11,13H,10H2,(H2,16,17,18,19,21). The predicted octanol–water partition coefficient (Wildman–Crippen LogP) is 2.03. The number of benzene rings is 1. The molecule has 0 aliphatic heterocycles. The molecule has 21 heavy (non-hydrogen) atoms. The quantitative estimate of drug-likeness (QED) is 0.751. The van der Waals surface area contributed by atoms with Crippen LogP contribution in [0.2, 0.25) is 0 Å². The first kappa shape index (κ1) is 13.1. The van der Waals surface area contributed by atoms with Crippen LogP contribution in [0.15, 0.2) is 61.2 Å². The van der Waals surface area contributed by atoms with E-state index in [0.29, 0.717) is 12.4 Å². The van der Waals surface area contributed by atoms with Crippen LogP contribution < -0.4 is 5.32 Å². The Morgan fingerprint density at radius 1 is 1.19 bits per heavy atom. The Hall–Kier alpha value is -2.89. The summed E-state index contributed by atoms with van der Waals surface area (Å²) in [5.74, 6) is 0.219. The van der Waals surface area contributed by atoms with E-state index in [1.807, 2.05) is 59.4 Å². The van der Waals surface area contributed by atoms with Crippen LogP contribution in [0.5, 0.6) is 0 Å². The topological polar surface area (TPSA) is 75.6 Å². The molecule has 0 spiro atoms. The summed E-state index contributed by atoms with van der Waals surface area (Å²) in [6.07, 6.45) is 5.73. The number of anilines is 1. The van der Waals surface area contributed by atoms with Crippen molar-refractivity contribution < 1.29 is 4.79 Å². The van der Waals surface area contributed by atoms with Crippen molar-refractivity contribution in [3.63, 3.8) is 0 Å². The minimum absolute atomic E-state index is 0.133. The molecule has 6 heteroatoms. The van der Waals surface area contributed by atoms with E-state index in [0.717, 1.165) is 5.56 Å². The summed E-state index contributed by atoms with van der Waals surface area (Å²) >= 11 is 0. The lowest BCUT2D eigenvalue weighted by molar-refractivity contribution is -0.119. The normalized spacial score (nSPS) is 12.0. The van der Waals surface area contributed by atoms with E-state index in [1.54, 1.807) is 0 Å². The third-order valence-corrected chi connectivity index (χ3v) is 3.22. The van der Waals surface area contributed by atoms with E-state index >= 15 is 0 Å². The van der Waals surface area contributed by atoms with E-state index in [2.05, 4.69) is 20.5 Å². The smallest absolute Gasteiger partial charge is 0.250 e. The fourth-order valence-electron chi connectivity index (χ4n) is 2.19. The number of hydrogen-bond donors (Lipinski definition) is 2. The summed E-state index contributed by atoms with van der Waals surface area (Å²) in [5.41, 5.74) is 1.10. The Morgan fingerprint density at radius 2 is 1.95 bits per heavy atom. The first-order valence-corrected chi connectivity index (χ1v) is 6.65. The van der Waals surface area contributed by atoms with Crippen molar-refractivity contribution in [3.05, 3.63) is 66.7 Å². The molecule has 0 aliphatic rings. The number of aromatic amines is 1. The number of nitrogens with zero attached hydrogens (tertiary/aromatic N) is 3. The average molecular weight is 281 g/mol. The molecule has 0 aliphatic carbocycles. The van der Waals surface area contributed by atoms with Gasteiger partial charge in [-0.25, -0.2) is 5.10 Å². The van der Waals surface area contributed by atoms with Gasteiger partial charge in [-0.3, -0.25) is 10.1 Å². The van der Waals surface area contributed by atoms with E-state index in [-0.39, 0.29) is 11.9 Å². The highest BCUT2D eigenvalue weighted by atomic mass is 16.2. The molecule has 2 N–H and O–H groups in total. The molecule has 1 unspecified atom stereocenters. The van der Waals surface area contributed by atoms with E-state index < -0.39 is 0 Å². The molecular weight excluding hydrogens is 266 g/mol. The maximum absolute atomic E-state index is 12.5. The van der Waals surface area contributed by atoms with Crippen molar-refractivity contribution in [2.45, 2.75) is 12.5 Å². The van der Waals surface area contributed by atoms with Crippen LogP contribution in [-0.4, -0.2) is 25.7 Å². The lowest BCUT2D eigenvalue weighted by Crippen LogP contribution is -2.27. The van der Waals surface area contributed by atoms with E-state index in [4.69, 9.17) is 0 Å². The summed E-state index contributed by atoms with van der Waals surface area (Å²) in [6, 6.07) is 13.4. The first-order valence-electron chi connectivity index (χ1n) is 6.65. The first-order chi connectivity index (χ1) is 10.3. The number of carbonyl (C=O) groups is 1. The molecular formula is C15H15N5O. The maximum atomic E-state index is 12.5. The van der Waals surface area contributed by atoms with Crippen molar-refractivity contribution in [2.24, 2.45) is 0 Å². The largest absolute Gasteiger partial charge is 0.342 e. The van der Waals surface area contributed by atoms with Crippen LogP contribution in [0.1, 0.15) is 11.6 Å². The van der Waals surface area contributed by atoms with Gasteiger partial charge in [0.25, 0.3) is 0 Å². The van der Waals surface area contributed by atoms with Crippen LogP contribution >= 0.6 is 0 Å². The van der Waals surface area contributed by atoms with E-state index in [9.17, 15) is 4.79 Å². The maximum Gasteiger partial charge on any atom is 0.250 e. The van der Waals surface area contributed by atoms with Gasteiger partial charge in [0.1, 0.15) is 12.4 Å². The van der Waals surface area contributed by atoms with Crippen molar-refractivity contribution in [3.8, 4) is 0 Å². The van der Waals surface area contributed by atoms with Gasteiger partial charge < -0.3 is 4.57 Å². The molecule has 3 aromatic rings. The van der Waals surface area contributed by atoms with Gasteiger partial charge >= 0.3 is 0 Å². The second-order valence-electron chi connectivity index (χ2n) is 4.66. The highest BCUT2D eigenvalue weighted by Crippen LogP contribution is 2.16. The Balaban J connectivity index is 1.81. The number of H-pyrrole nitrogens is 1. The van der Waals surface area contributed by atoms with Crippen LogP contribution in [-0.2, 0) is 11.2 Å². The Kier molecular flexibility index (Phi) is 3.77. The highest BCUT2D eigenvalue weighted by molar-refractivity contribution is 5.92. The SMILES string of the molecule is O=C(Nc1ncn[nH]1)C(Cc1ccccc1)n1cccc1. The Morgan fingerprint density at radius 3 is 2.62 bits per heavy atom. The molecule has 0 fully saturated rings. The zero-order valence-corrected chi connectivity index (χ0v) is 11.3. The number of amides is 1. The van der Waals surface area contributed by atoms with Gasteiger partial charge in [0.15, 0.2) is 0 Å². The van der Waals surface area contributed by atoms with Gasteiger partial charge in [0, 0.05) is 18.8 Å². The molecule has 0 radical (unpaired) electrons. The molecule has 6 nitrogen and oxygen atoms in total. The summed E-state index contributed by atoms with van der Waals surface area (Å²) < 4.78 is 1.89. The van der Waals surface area contributed by atoms with E-state index in [1.165, 1.54) is 6.33 Å². The van der Waals surface area contributed by atoms with Crippen LogP contribution in [0.3, 0.4) is 0 Å². The Bertz CT molecular complexity index is 676. The lowest BCUT2D eigenvalue weighted by atomic mass is 10.1. The minimum Gasteiger partial charge on any atom is -0.342 e. The molecule has 0 saturated heterocycles. The zero-order chi connectivity index (χ0) is 14.5. The van der Waals surface area contributed by atoms with Crippen LogP contribution in [0.25, 0.3) is 0 Å². The van der Waals surface area contributed by atoms with Gasteiger partial charge in [0.05, 0.1) is 0 Å². The van der Waals surface area contributed by atoms with Crippen molar-refractivity contribution in [1.29, 1.82) is 0 Å². The lowest BCUT2D eigenvalue weighted by Gasteiger charge is -2.18. The molecule has 1 atom stereocenters. The minimum atomic E-state index is -0.340. The fourth-order valence-corrected chi connectivity index (χ4v) is 2.19. The van der Waals surface area contributed by atoms with Crippen molar-refractivity contribution in [1.82, 2.24) is 19.7 Å². The third kappa shape index (κ3) is 3.17. The fraction of sp³-hybridized carbons (Fsp3) is 0.133. The molecule has 1 amide bonds. The monoisotopic (exact) mass is 281 g/mol. The van der Waals surface area contributed by atoms with Crippen LogP contribution in [0, 0.1) is 0 Å². The van der Waals surface area contributed by atoms with Gasteiger partial charge in [0.2, 0.25) is 11.9 Å². The molecule has 106 valence electrons. The third-order valence-electron chi connectivity index (χ3n) is 3.22. The highest BCUT2D eigenvalue weighted by Gasteiger charge is 2.21. The molecule has 2 aromatic heterocycles. The average Bonchev–Trinajstić information content (AvgIpc) is 3.19. The number of carbonyl (C=O) groups excluding carboxylic acids is 1. The summed E-state index contributed by atoms with van der Waals surface area (Å²) in [5, 5.41) is 9.10. The van der Waals surface area contributed by atoms with Crippen molar-refractivity contribution >= 4 is 11.9 Å². The number of hydrogen-bond acceptors (Lipinski definition) is 3. The summed E-state index contributed by atoms with van der Waals surface area (Å²) in [6.45, 7) is 0. The van der Waals surface area contributed by atoms with Crippen LogP contribution in [0.4, 0.5) is 5.95 Å². The molecule has 1 aromatic carbocycles. The number of rotatable bonds is 5. The Labute approximate surface area is 121 Å².